The third-order valence-corrected chi connectivity index (χ3v) is 4.38. The first kappa shape index (κ1) is 10.9. The minimum Gasteiger partial charge on any atom is -0.469 e. The van der Waals surface area contributed by atoms with E-state index in [1.165, 1.54) is 7.11 Å². The van der Waals surface area contributed by atoms with Gasteiger partial charge in [-0.15, -0.1) is 0 Å². The molecule has 0 aromatic heterocycles. The van der Waals surface area contributed by atoms with Crippen LogP contribution in [0.2, 0.25) is 0 Å². The molecule has 3 saturated carbocycles. The smallest absolute Gasteiger partial charge is 0.313 e. The molecule has 86 valence electrons. The Balaban J connectivity index is 2.23. The van der Waals surface area contributed by atoms with E-state index < -0.39 is 5.41 Å². The van der Waals surface area contributed by atoms with Crippen LogP contribution in [0.25, 0.3) is 0 Å². The quantitative estimate of drug-likeness (QED) is 0.690. The number of hydrogen-bond donors (Lipinski definition) is 1. The van der Waals surface area contributed by atoms with Crippen molar-refractivity contribution in [2.24, 2.45) is 11.1 Å². The van der Waals surface area contributed by atoms with Crippen LogP contribution in [-0.2, 0) is 14.3 Å². The lowest BCUT2D eigenvalue weighted by atomic mass is 9.56. The van der Waals surface area contributed by atoms with E-state index in [9.17, 15) is 4.79 Å². The Morgan fingerprint density at radius 3 is 2.27 bits per heavy atom. The van der Waals surface area contributed by atoms with E-state index in [1.54, 1.807) is 7.11 Å². The summed E-state index contributed by atoms with van der Waals surface area (Å²) in [6, 6.07) is -0.118. The molecule has 0 radical (unpaired) electrons. The second-order valence-corrected chi connectivity index (χ2v) is 4.85. The summed E-state index contributed by atoms with van der Waals surface area (Å²) >= 11 is 0. The van der Waals surface area contributed by atoms with Crippen LogP contribution >= 0.6 is 0 Å². The van der Waals surface area contributed by atoms with Gasteiger partial charge in [0.25, 0.3) is 0 Å². The molecular weight excluding hydrogens is 194 g/mol. The van der Waals surface area contributed by atoms with Crippen molar-refractivity contribution in [1.82, 2.24) is 0 Å². The molecule has 0 spiro atoms. The average Bonchev–Trinajstić information content (AvgIpc) is 2.29. The van der Waals surface area contributed by atoms with E-state index in [0.29, 0.717) is 0 Å². The van der Waals surface area contributed by atoms with Gasteiger partial charge in [-0.2, -0.15) is 0 Å². The van der Waals surface area contributed by atoms with Gasteiger partial charge in [-0.3, -0.25) is 4.79 Å². The van der Waals surface area contributed by atoms with Crippen LogP contribution in [0.5, 0.6) is 0 Å². The van der Waals surface area contributed by atoms with Crippen molar-refractivity contribution in [3.8, 4) is 0 Å². The first-order valence-corrected chi connectivity index (χ1v) is 5.48. The molecule has 15 heavy (non-hydrogen) atoms. The van der Waals surface area contributed by atoms with Gasteiger partial charge in [0, 0.05) is 13.2 Å². The topological polar surface area (TPSA) is 61.5 Å². The number of fused-ring (bicyclic) bond motifs is 3. The molecule has 4 heteroatoms. The Labute approximate surface area is 90.1 Å². The zero-order valence-corrected chi connectivity index (χ0v) is 9.41. The zero-order chi connectivity index (χ0) is 11.1. The molecule has 0 aromatic carbocycles. The predicted molar refractivity (Wildman–Crippen MR) is 55.2 cm³/mol. The Hall–Kier alpha value is -0.610. The van der Waals surface area contributed by atoms with Gasteiger partial charge in [0.15, 0.2) is 0 Å². The first-order chi connectivity index (χ1) is 7.08. The zero-order valence-electron chi connectivity index (χ0n) is 9.41. The van der Waals surface area contributed by atoms with Crippen molar-refractivity contribution in [1.29, 1.82) is 0 Å². The second kappa shape index (κ2) is 3.46. The molecule has 3 fully saturated rings. The summed E-state index contributed by atoms with van der Waals surface area (Å²) < 4.78 is 10.4. The number of carbonyl (C=O) groups excluding carboxylic acids is 1. The average molecular weight is 213 g/mol. The SMILES string of the molecule is COC(=O)C12CCC(OC)(CC1)CC2N. The van der Waals surface area contributed by atoms with Gasteiger partial charge in [0.2, 0.25) is 0 Å². The van der Waals surface area contributed by atoms with Crippen LogP contribution in [0.4, 0.5) is 0 Å². The molecule has 4 nitrogen and oxygen atoms in total. The van der Waals surface area contributed by atoms with Gasteiger partial charge in [0.1, 0.15) is 0 Å². The van der Waals surface area contributed by atoms with Crippen LogP contribution in [-0.4, -0.2) is 31.8 Å². The van der Waals surface area contributed by atoms with Crippen LogP contribution in [0, 0.1) is 5.41 Å². The van der Waals surface area contributed by atoms with Crippen molar-refractivity contribution in [3.05, 3.63) is 0 Å². The summed E-state index contributed by atoms with van der Waals surface area (Å²) in [5.74, 6) is -0.139. The van der Waals surface area contributed by atoms with E-state index >= 15 is 0 Å². The molecule has 1 unspecified atom stereocenters. The van der Waals surface area contributed by atoms with Crippen LogP contribution in [0.3, 0.4) is 0 Å². The summed E-state index contributed by atoms with van der Waals surface area (Å²) in [7, 11) is 3.18. The Bertz CT molecular complexity index is 269. The highest BCUT2D eigenvalue weighted by Crippen LogP contribution is 2.53. The molecule has 1 atom stereocenters. The normalized spacial score (nSPS) is 44.1. The molecule has 3 rings (SSSR count). The summed E-state index contributed by atoms with van der Waals surface area (Å²) in [5, 5.41) is 0. The largest absolute Gasteiger partial charge is 0.469 e. The van der Waals surface area contributed by atoms with E-state index in [1.807, 2.05) is 0 Å². The molecule has 3 aliphatic rings. The van der Waals surface area contributed by atoms with Crippen LogP contribution < -0.4 is 5.73 Å². The highest BCUT2D eigenvalue weighted by atomic mass is 16.5. The molecule has 0 aromatic rings. The fourth-order valence-electron chi connectivity index (χ4n) is 3.17. The molecule has 0 aliphatic heterocycles. The number of ether oxygens (including phenoxy) is 2. The fourth-order valence-corrected chi connectivity index (χ4v) is 3.17. The molecule has 2 bridgehead atoms. The second-order valence-electron chi connectivity index (χ2n) is 4.85. The number of nitrogens with two attached hydrogens (primary N) is 1. The standard InChI is InChI=1S/C11H19NO3/c1-14-9(13)11-5-3-10(15-2,4-6-11)7-8(11)12/h8H,3-7,12H2,1-2H3. The first-order valence-electron chi connectivity index (χ1n) is 5.48. The van der Waals surface area contributed by atoms with E-state index in [-0.39, 0.29) is 17.6 Å². The van der Waals surface area contributed by atoms with E-state index in [2.05, 4.69) is 0 Å². The maximum absolute atomic E-state index is 11.8. The summed E-state index contributed by atoms with van der Waals surface area (Å²) in [5.41, 5.74) is 5.60. The Morgan fingerprint density at radius 2 is 1.87 bits per heavy atom. The number of rotatable bonds is 2. The maximum Gasteiger partial charge on any atom is 0.313 e. The summed E-state index contributed by atoms with van der Waals surface area (Å²) in [6.45, 7) is 0. The maximum atomic E-state index is 11.8. The van der Waals surface area contributed by atoms with Gasteiger partial charge >= 0.3 is 5.97 Å². The molecule has 2 N–H and O–H groups in total. The molecular formula is C11H19NO3. The van der Waals surface area contributed by atoms with Crippen molar-refractivity contribution in [2.75, 3.05) is 14.2 Å². The number of hydrogen-bond acceptors (Lipinski definition) is 4. The van der Waals surface area contributed by atoms with Crippen molar-refractivity contribution in [3.63, 3.8) is 0 Å². The minimum atomic E-state index is -0.435. The third-order valence-electron chi connectivity index (χ3n) is 4.38. The lowest BCUT2D eigenvalue weighted by molar-refractivity contribution is -0.176. The highest BCUT2D eigenvalue weighted by molar-refractivity contribution is 5.78. The van der Waals surface area contributed by atoms with Crippen LogP contribution in [0.1, 0.15) is 32.1 Å². The highest BCUT2D eigenvalue weighted by Gasteiger charge is 2.57. The number of carbonyl (C=O) groups is 1. The summed E-state index contributed by atoms with van der Waals surface area (Å²) in [6.07, 6.45) is 4.22. The van der Waals surface area contributed by atoms with Crippen molar-refractivity contribution >= 4 is 5.97 Å². The van der Waals surface area contributed by atoms with E-state index in [4.69, 9.17) is 15.2 Å². The molecule has 3 aliphatic carbocycles. The van der Waals surface area contributed by atoms with Gasteiger partial charge < -0.3 is 15.2 Å². The monoisotopic (exact) mass is 213 g/mol. The minimum absolute atomic E-state index is 0.0742. The molecule has 0 saturated heterocycles. The molecule has 0 amide bonds. The number of methoxy groups -OCH3 is 2. The van der Waals surface area contributed by atoms with Crippen LogP contribution in [0.15, 0.2) is 0 Å². The van der Waals surface area contributed by atoms with E-state index in [0.717, 1.165) is 32.1 Å². The van der Waals surface area contributed by atoms with Gasteiger partial charge in [-0.1, -0.05) is 0 Å². The Kier molecular flexibility index (Phi) is 2.51. The lowest BCUT2D eigenvalue weighted by Gasteiger charge is -2.54. The van der Waals surface area contributed by atoms with Gasteiger partial charge in [-0.05, 0) is 32.1 Å². The Morgan fingerprint density at radius 1 is 1.27 bits per heavy atom. The molecule has 0 heterocycles. The van der Waals surface area contributed by atoms with Crippen molar-refractivity contribution in [2.45, 2.75) is 43.7 Å². The predicted octanol–water partition coefficient (Wildman–Crippen LogP) is 0.836. The van der Waals surface area contributed by atoms with Gasteiger partial charge in [0.05, 0.1) is 18.1 Å². The summed E-state index contributed by atoms with van der Waals surface area (Å²) in [4.78, 5) is 11.8. The lowest BCUT2D eigenvalue weighted by Crippen LogP contribution is -2.61. The number of esters is 1. The fraction of sp³-hybridized carbons (Fsp3) is 0.909. The van der Waals surface area contributed by atoms with Crippen molar-refractivity contribution < 1.29 is 14.3 Å². The van der Waals surface area contributed by atoms with Gasteiger partial charge in [-0.25, -0.2) is 0 Å². The third kappa shape index (κ3) is 1.39.